The Morgan fingerprint density at radius 1 is 1.23 bits per heavy atom. The maximum Gasteiger partial charge on any atom is 0.266 e. The van der Waals surface area contributed by atoms with E-state index in [1.807, 2.05) is 45.0 Å². The molecule has 154 valence electrons. The summed E-state index contributed by atoms with van der Waals surface area (Å²) in [5.41, 5.74) is 4.65. The molecule has 1 N–H and O–H groups in total. The van der Waals surface area contributed by atoms with Crippen LogP contribution in [0.3, 0.4) is 0 Å². The van der Waals surface area contributed by atoms with Crippen molar-refractivity contribution in [2.24, 2.45) is 0 Å². The summed E-state index contributed by atoms with van der Waals surface area (Å²) >= 11 is 0. The third-order valence-corrected chi connectivity index (χ3v) is 5.56. The Labute approximate surface area is 173 Å². The largest absolute Gasteiger partial charge is 0.339 e. The number of benzene rings is 1. The molecule has 0 radical (unpaired) electrons. The number of aromatic amines is 1. The predicted octanol–water partition coefficient (Wildman–Crippen LogP) is 1.98. The quantitative estimate of drug-likeness (QED) is 0.547. The lowest BCUT2D eigenvalue weighted by atomic mass is 10.0. The molecule has 9 nitrogen and oxygen atoms in total. The Kier molecular flexibility index (Phi) is 4.94. The molecule has 1 amide bonds. The van der Waals surface area contributed by atoms with Crippen LogP contribution in [0.1, 0.15) is 35.5 Å². The van der Waals surface area contributed by atoms with E-state index < -0.39 is 0 Å². The van der Waals surface area contributed by atoms with Gasteiger partial charge in [0.15, 0.2) is 5.65 Å². The van der Waals surface area contributed by atoms with Crippen molar-refractivity contribution in [2.75, 3.05) is 7.05 Å². The second-order valence-electron chi connectivity index (χ2n) is 7.36. The first kappa shape index (κ1) is 19.6. The van der Waals surface area contributed by atoms with Crippen LogP contribution in [-0.4, -0.2) is 47.2 Å². The summed E-state index contributed by atoms with van der Waals surface area (Å²) in [7, 11) is 1.80. The van der Waals surface area contributed by atoms with Gasteiger partial charge in [0.05, 0.1) is 18.2 Å². The number of rotatable bonds is 5. The molecule has 0 aliphatic rings. The van der Waals surface area contributed by atoms with E-state index in [-0.39, 0.29) is 23.9 Å². The smallest absolute Gasteiger partial charge is 0.266 e. The summed E-state index contributed by atoms with van der Waals surface area (Å²) in [5.74, 6) is -0.0234. The molecule has 4 rings (SSSR count). The molecule has 1 atom stereocenters. The molecular weight excluding hydrogens is 382 g/mol. The average Bonchev–Trinajstić information content (AvgIpc) is 3.39. The van der Waals surface area contributed by atoms with Crippen molar-refractivity contribution in [2.45, 2.75) is 33.2 Å². The predicted molar refractivity (Wildman–Crippen MR) is 112 cm³/mol. The molecule has 0 aliphatic carbocycles. The summed E-state index contributed by atoms with van der Waals surface area (Å²) in [6.07, 6.45) is 3.34. The van der Waals surface area contributed by atoms with Crippen molar-refractivity contribution >= 4 is 11.6 Å². The molecule has 1 aromatic carbocycles. The first-order valence-corrected chi connectivity index (χ1v) is 9.63. The van der Waals surface area contributed by atoms with E-state index in [2.05, 4.69) is 20.2 Å². The normalized spacial score (nSPS) is 12.3. The van der Waals surface area contributed by atoms with Gasteiger partial charge in [-0.05, 0) is 38.5 Å². The summed E-state index contributed by atoms with van der Waals surface area (Å²) in [6, 6.07) is 9.22. The number of nitrogens with one attached hydrogen (secondary N) is 1. The zero-order valence-electron chi connectivity index (χ0n) is 17.3. The molecular formula is C21H23N7O2. The molecule has 4 aromatic rings. The van der Waals surface area contributed by atoms with E-state index in [4.69, 9.17) is 0 Å². The summed E-state index contributed by atoms with van der Waals surface area (Å²) in [4.78, 5) is 34.8. The van der Waals surface area contributed by atoms with E-state index in [9.17, 15) is 9.59 Å². The molecule has 0 bridgehead atoms. The summed E-state index contributed by atoms with van der Waals surface area (Å²) in [6.45, 7) is 5.73. The van der Waals surface area contributed by atoms with Crippen LogP contribution in [0.25, 0.3) is 11.3 Å². The number of hydrogen-bond acceptors (Lipinski definition) is 5. The monoisotopic (exact) mass is 405 g/mol. The Morgan fingerprint density at radius 2 is 1.97 bits per heavy atom. The highest BCUT2D eigenvalue weighted by Gasteiger charge is 2.21. The van der Waals surface area contributed by atoms with Gasteiger partial charge in [0, 0.05) is 30.1 Å². The first-order valence-electron chi connectivity index (χ1n) is 9.63. The Bertz CT molecular complexity index is 1250. The number of hydrogen-bond donors (Lipinski definition) is 1. The second kappa shape index (κ2) is 7.58. The lowest BCUT2D eigenvalue weighted by Crippen LogP contribution is -2.31. The van der Waals surface area contributed by atoms with Gasteiger partial charge in [-0.15, -0.1) is 0 Å². The fourth-order valence-electron chi connectivity index (χ4n) is 3.57. The molecule has 0 aliphatic heterocycles. The Hall–Kier alpha value is -3.75. The van der Waals surface area contributed by atoms with Gasteiger partial charge in [-0.3, -0.25) is 14.7 Å². The molecule has 0 saturated heterocycles. The van der Waals surface area contributed by atoms with Crippen molar-refractivity contribution in [1.29, 1.82) is 0 Å². The van der Waals surface area contributed by atoms with E-state index in [1.165, 1.54) is 12.4 Å². The van der Waals surface area contributed by atoms with E-state index >= 15 is 0 Å². The Morgan fingerprint density at radius 3 is 2.63 bits per heavy atom. The lowest BCUT2D eigenvalue weighted by molar-refractivity contribution is -0.131. The van der Waals surface area contributed by atoms with Gasteiger partial charge in [0.2, 0.25) is 5.91 Å². The highest BCUT2D eigenvalue weighted by Crippen LogP contribution is 2.22. The van der Waals surface area contributed by atoms with Gasteiger partial charge in [-0.1, -0.05) is 12.1 Å². The molecule has 1 unspecified atom stereocenters. The van der Waals surface area contributed by atoms with E-state index in [0.29, 0.717) is 5.65 Å². The molecule has 0 saturated carbocycles. The number of amides is 1. The number of carbonyl (C=O) groups is 1. The highest BCUT2D eigenvalue weighted by molar-refractivity contribution is 5.79. The van der Waals surface area contributed by atoms with E-state index in [0.717, 1.165) is 28.2 Å². The van der Waals surface area contributed by atoms with Crippen LogP contribution in [0.15, 0.2) is 47.8 Å². The molecule has 3 heterocycles. The van der Waals surface area contributed by atoms with Gasteiger partial charge in [-0.2, -0.15) is 5.10 Å². The minimum Gasteiger partial charge on any atom is -0.339 e. The van der Waals surface area contributed by atoms with Crippen LogP contribution in [0.2, 0.25) is 0 Å². The SMILES string of the molecule is Cc1nc2cc(=O)[nH]n2c(C)c1CC(=O)N(C)C(C)c1ccc(-n2cncn2)cc1. The molecule has 0 spiro atoms. The fourth-order valence-corrected chi connectivity index (χ4v) is 3.57. The standard InChI is InChI=1S/C21H23N7O2/c1-13-18(15(3)28-19(24-13)10-20(29)25-28)9-21(30)26(4)14(2)16-5-7-17(8-6-16)27-12-22-11-23-27/h5-8,10-12,14H,9H2,1-4H3,(H,25,29). The number of H-pyrrole nitrogens is 1. The highest BCUT2D eigenvalue weighted by atomic mass is 16.2. The molecule has 9 heteroatoms. The third kappa shape index (κ3) is 3.49. The van der Waals surface area contributed by atoms with Crippen LogP contribution in [0, 0.1) is 13.8 Å². The second-order valence-corrected chi connectivity index (χ2v) is 7.36. The minimum atomic E-state index is -0.214. The topological polar surface area (TPSA) is 101 Å². The first-order chi connectivity index (χ1) is 14.3. The average molecular weight is 405 g/mol. The van der Waals surface area contributed by atoms with Crippen LogP contribution in [0.5, 0.6) is 0 Å². The third-order valence-electron chi connectivity index (χ3n) is 5.56. The van der Waals surface area contributed by atoms with Crippen LogP contribution < -0.4 is 5.56 Å². The molecule has 3 aromatic heterocycles. The van der Waals surface area contributed by atoms with Crippen molar-refractivity contribution in [3.05, 3.63) is 75.9 Å². The van der Waals surface area contributed by atoms with Gasteiger partial charge >= 0.3 is 0 Å². The number of likely N-dealkylation sites (N-methyl/N-ethyl adjacent to an activating group) is 1. The van der Waals surface area contributed by atoms with Gasteiger partial charge in [-0.25, -0.2) is 19.2 Å². The van der Waals surface area contributed by atoms with Crippen molar-refractivity contribution in [1.82, 2.24) is 34.3 Å². The fraction of sp³-hybridized carbons (Fsp3) is 0.286. The number of aromatic nitrogens is 6. The van der Waals surface area contributed by atoms with Crippen molar-refractivity contribution in [3.8, 4) is 5.69 Å². The van der Waals surface area contributed by atoms with Gasteiger partial charge < -0.3 is 4.90 Å². The molecule has 0 fully saturated rings. The van der Waals surface area contributed by atoms with Gasteiger partial charge in [0.1, 0.15) is 12.7 Å². The zero-order valence-corrected chi connectivity index (χ0v) is 17.3. The van der Waals surface area contributed by atoms with Gasteiger partial charge in [0.25, 0.3) is 5.56 Å². The van der Waals surface area contributed by atoms with E-state index in [1.54, 1.807) is 27.5 Å². The maximum absolute atomic E-state index is 13.0. The van der Waals surface area contributed by atoms with Crippen LogP contribution in [0.4, 0.5) is 0 Å². The minimum absolute atomic E-state index is 0.0234. The number of aryl methyl sites for hydroxylation is 2. The van der Waals surface area contributed by atoms with Crippen LogP contribution >= 0.6 is 0 Å². The summed E-state index contributed by atoms with van der Waals surface area (Å²) < 4.78 is 3.31. The lowest BCUT2D eigenvalue weighted by Gasteiger charge is -2.26. The zero-order chi connectivity index (χ0) is 21.4. The number of nitrogens with zero attached hydrogens (tertiary/aromatic N) is 6. The number of carbonyl (C=O) groups excluding carboxylic acids is 1. The summed E-state index contributed by atoms with van der Waals surface area (Å²) in [5, 5.41) is 6.85. The van der Waals surface area contributed by atoms with Crippen LogP contribution in [-0.2, 0) is 11.2 Å². The molecule has 30 heavy (non-hydrogen) atoms. The van der Waals surface area contributed by atoms with Crippen molar-refractivity contribution in [3.63, 3.8) is 0 Å². The number of fused-ring (bicyclic) bond motifs is 1. The Balaban J connectivity index is 1.53. The maximum atomic E-state index is 13.0. The van der Waals surface area contributed by atoms with Crippen molar-refractivity contribution < 1.29 is 4.79 Å².